The number of amides is 1. The van der Waals surface area contributed by atoms with Crippen molar-refractivity contribution in [1.82, 2.24) is 0 Å². The molecule has 0 aromatic heterocycles. The van der Waals surface area contributed by atoms with Crippen molar-refractivity contribution >= 4 is 34.8 Å². The summed E-state index contributed by atoms with van der Waals surface area (Å²) in [6.07, 6.45) is -0.0823. The lowest BCUT2D eigenvalue weighted by atomic mass is 9.94. The highest BCUT2D eigenvalue weighted by Gasteiger charge is 2.47. The van der Waals surface area contributed by atoms with Crippen molar-refractivity contribution < 1.29 is 29.0 Å². The third-order valence-electron chi connectivity index (χ3n) is 6.22. The number of hydrogen-bond donors (Lipinski definition) is 1. The Morgan fingerprint density at radius 2 is 1.61 bits per heavy atom. The van der Waals surface area contributed by atoms with Gasteiger partial charge in [0.05, 0.1) is 30.4 Å². The molecule has 1 N–H and O–H groups in total. The second-order valence-electron chi connectivity index (χ2n) is 9.39. The van der Waals surface area contributed by atoms with Gasteiger partial charge in [-0.05, 0) is 67.9 Å². The van der Waals surface area contributed by atoms with Gasteiger partial charge >= 0.3 is 5.97 Å². The Hall–Kier alpha value is -4.59. The van der Waals surface area contributed by atoms with Crippen molar-refractivity contribution in [3.05, 3.63) is 95.1 Å². The number of aliphatic hydroxyl groups excluding tert-OH is 1. The zero-order valence-corrected chi connectivity index (χ0v) is 22.0. The molecular formula is C30H30N2O6. The smallest absolute Gasteiger partial charge is 0.337 e. The molecule has 3 aromatic carbocycles. The second kappa shape index (κ2) is 10.8. The Bertz CT molecular complexity index is 1390. The summed E-state index contributed by atoms with van der Waals surface area (Å²) in [5.41, 5.74) is 2.61. The van der Waals surface area contributed by atoms with Gasteiger partial charge in [-0.15, -0.1) is 0 Å². The molecule has 0 spiro atoms. The van der Waals surface area contributed by atoms with Crippen LogP contribution in [0.1, 0.15) is 41.4 Å². The minimum absolute atomic E-state index is 0.0358. The number of nitrogens with zero attached hydrogens (tertiary/aromatic N) is 2. The monoisotopic (exact) mass is 514 g/mol. The van der Waals surface area contributed by atoms with E-state index in [9.17, 15) is 19.5 Å². The Balaban J connectivity index is 1.87. The number of methoxy groups -OCH3 is 1. The summed E-state index contributed by atoms with van der Waals surface area (Å²) >= 11 is 0. The number of Topliss-reactive ketones (excluding diaryl/α,β-unsaturated/α-hetero) is 1. The number of ketones is 1. The van der Waals surface area contributed by atoms with Crippen LogP contribution in [0.15, 0.2) is 78.4 Å². The molecule has 0 saturated carbocycles. The minimum Gasteiger partial charge on any atom is -0.507 e. The van der Waals surface area contributed by atoms with Crippen LogP contribution < -0.4 is 14.5 Å². The van der Waals surface area contributed by atoms with E-state index in [1.54, 1.807) is 36.4 Å². The second-order valence-corrected chi connectivity index (χ2v) is 9.39. The summed E-state index contributed by atoms with van der Waals surface area (Å²) in [4.78, 5) is 42.0. The van der Waals surface area contributed by atoms with Crippen LogP contribution in [0.5, 0.6) is 5.75 Å². The Morgan fingerprint density at radius 1 is 0.947 bits per heavy atom. The van der Waals surface area contributed by atoms with E-state index in [1.807, 2.05) is 57.1 Å². The highest BCUT2D eigenvalue weighted by molar-refractivity contribution is 6.51. The topological polar surface area (TPSA) is 96.4 Å². The zero-order chi connectivity index (χ0) is 27.6. The average molecular weight is 515 g/mol. The van der Waals surface area contributed by atoms with Gasteiger partial charge in [0, 0.05) is 31.0 Å². The highest BCUT2D eigenvalue weighted by Crippen LogP contribution is 2.42. The molecule has 0 aliphatic carbocycles. The van der Waals surface area contributed by atoms with Crippen LogP contribution in [-0.4, -0.2) is 50.1 Å². The number of esters is 1. The first kappa shape index (κ1) is 26.5. The molecule has 1 heterocycles. The van der Waals surface area contributed by atoms with E-state index in [2.05, 4.69) is 0 Å². The number of carbonyl (C=O) groups is 3. The fourth-order valence-electron chi connectivity index (χ4n) is 4.39. The quantitative estimate of drug-likeness (QED) is 0.206. The molecule has 4 rings (SSSR count). The predicted octanol–water partition coefficient (Wildman–Crippen LogP) is 4.95. The van der Waals surface area contributed by atoms with Crippen molar-refractivity contribution in [1.29, 1.82) is 0 Å². The molecular weight excluding hydrogens is 484 g/mol. The molecule has 0 bridgehead atoms. The first-order chi connectivity index (χ1) is 18.1. The van der Waals surface area contributed by atoms with Gasteiger partial charge in [0.2, 0.25) is 0 Å². The van der Waals surface area contributed by atoms with E-state index < -0.39 is 23.7 Å². The first-order valence-electron chi connectivity index (χ1n) is 12.2. The molecule has 8 nitrogen and oxygen atoms in total. The van der Waals surface area contributed by atoms with Crippen LogP contribution in [0.2, 0.25) is 0 Å². The van der Waals surface area contributed by atoms with E-state index >= 15 is 0 Å². The third-order valence-corrected chi connectivity index (χ3v) is 6.22. The lowest BCUT2D eigenvalue weighted by Crippen LogP contribution is -2.29. The molecule has 38 heavy (non-hydrogen) atoms. The van der Waals surface area contributed by atoms with Gasteiger partial charge in [0.1, 0.15) is 11.5 Å². The van der Waals surface area contributed by atoms with Crippen LogP contribution >= 0.6 is 0 Å². The third kappa shape index (κ3) is 5.11. The van der Waals surface area contributed by atoms with Crippen LogP contribution in [-0.2, 0) is 14.3 Å². The standard InChI is InChI=1S/C30H30N2O6/c1-18(2)38-24-8-6-7-21(17-24)27(33)25-26(19-9-13-22(14-10-19)31(3)4)32(29(35)28(25)34)23-15-11-20(12-16-23)30(36)37-5/h6-18,26,33H,1-5H3/b27-25+. The number of carbonyl (C=O) groups excluding carboxylic acids is 3. The summed E-state index contributed by atoms with van der Waals surface area (Å²) < 4.78 is 10.5. The number of hydrogen-bond acceptors (Lipinski definition) is 7. The fourth-order valence-corrected chi connectivity index (χ4v) is 4.39. The minimum atomic E-state index is -0.898. The number of benzene rings is 3. The molecule has 1 amide bonds. The largest absolute Gasteiger partial charge is 0.507 e. The van der Waals surface area contributed by atoms with Crippen molar-refractivity contribution in [3.63, 3.8) is 0 Å². The molecule has 1 fully saturated rings. The predicted molar refractivity (Wildman–Crippen MR) is 146 cm³/mol. The van der Waals surface area contributed by atoms with Gasteiger partial charge in [0.15, 0.2) is 0 Å². The summed E-state index contributed by atoms with van der Waals surface area (Å²) in [6.45, 7) is 3.78. The van der Waals surface area contributed by atoms with E-state index in [1.165, 1.54) is 24.1 Å². The molecule has 1 atom stereocenters. The lowest BCUT2D eigenvalue weighted by Gasteiger charge is -2.26. The molecule has 1 saturated heterocycles. The van der Waals surface area contributed by atoms with Crippen molar-refractivity contribution in [2.24, 2.45) is 0 Å². The van der Waals surface area contributed by atoms with Gasteiger partial charge in [-0.1, -0.05) is 24.3 Å². The van der Waals surface area contributed by atoms with Gasteiger partial charge in [-0.2, -0.15) is 0 Å². The molecule has 3 aromatic rings. The number of ether oxygens (including phenoxy) is 2. The Labute approximate surface area is 221 Å². The summed E-state index contributed by atoms with van der Waals surface area (Å²) in [6, 6.07) is 19.5. The molecule has 1 unspecified atom stereocenters. The number of aliphatic hydroxyl groups is 1. The first-order valence-corrected chi connectivity index (χ1v) is 12.2. The summed E-state index contributed by atoms with van der Waals surface area (Å²) in [7, 11) is 5.11. The van der Waals surface area contributed by atoms with Crippen molar-refractivity contribution in [2.75, 3.05) is 31.0 Å². The van der Waals surface area contributed by atoms with Gasteiger partial charge < -0.3 is 19.5 Å². The zero-order valence-electron chi connectivity index (χ0n) is 22.0. The molecule has 1 aliphatic rings. The van der Waals surface area contributed by atoms with Crippen LogP contribution in [0.25, 0.3) is 5.76 Å². The van der Waals surface area contributed by atoms with E-state index in [0.29, 0.717) is 28.1 Å². The van der Waals surface area contributed by atoms with Crippen molar-refractivity contribution in [3.8, 4) is 5.75 Å². The van der Waals surface area contributed by atoms with E-state index in [-0.39, 0.29) is 17.4 Å². The van der Waals surface area contributed by atoms with Gasteiger partial charge in [-0.25, -0.2) is 4.79 Å². The Kier molecular flexibility index (Phi) is 7.52. The Morgan fingerprint density at radius 3 is 2.18 bits per heavy atom. The van der Waals surface area contributed by atoms with E-state index in [0.717, 1.165) is 5.69 Å². The summed E-state index contributed by atoms with van der Waals surface area (Å²) in [5, 5.41) is 11.4. The normalized spacial score (nSPS) is 16.6. The SMILES string of the molecule is COC(=O)c1ccc(N2C(=O)C(=O)/C(=C(/O)c3cccc(OC(C)C)c3)C2c2ccc(N(C)C)cc2)cc1. The lowest BCUT2D eigenvalue weighted by molar-refractivity contribution is -0.132. The van der Waals surface area contributed by atoms with Gasteiger partial charge in [-0.3, -0.25) is 14.5 Å². The maximum Gasteiger partial charge on any atom is 0.337 e. The van der Waals surface area contributed by atoms with Crippen molar-refractivity contribution in [2.45, 2.75) is 26.0 Å². The van der Waals surface area contributed by atoms with Crippen LogP contribution in [0, 0.1) is 0 Å². The van der Waals surface area contributed by atoms with E-state index in [4.69, 9.17) is 9.47 Å². The molecule has 8 heteroatoms. The average Bonchev–Trinajstić information content (AvgIpc) is 3.17. The maximum absolute atomic E-state index is 13.4. The van der Waals surface area contributed by atoms with Crippen LogP contribution in [0.3, 0.4) is 0 Å². The van der Waals surface area contributed by atoms with Crippen LogP contribution in [0.4, 0.5) is 11.4 Å². The molecule has 1 aliphatic heterocycles. The number of anilines is 2. The highest BCUT2D eigenvalue weighted by atomic mass is 16.5. The summed E-state index contributed by atoms with van der Waals surface area (Å²) in [5.74, 6) is -1.88. The van der Waals surface area contributed by atoms with Gasteiger partial charge in [0.25, 0.3) is 11.7 Å². The maximum atomic E-state index is 13.4. The molecule has 0 radical (unpaired) electrons. The molecule has 196 valence electrons. The number of rotatable bonds is 7. The fraction of sp³-hybridized carbons (Fsp3) is 0.233.